The molecule has 0 radical (unpaired) electrons. The van der Waals surface area contributed by atoms with Crippen molar-refractivity contribution in [3.63, 3.8) is 0 Å². The van der Waals surface area contributed by atoms with Gasteiger partial charge in [0.25, 0.3) is 5.91 Å². The van der Waals surface area contributed by atoms with Gasteiger partial charge in [-0.1, -0.05) is 96.6 Å². The zero-order chi connectivity index (χ0) is 33.2. The summed E-state index contributed by atoms with van der Waals surface area (Å²) in [7, 11) is 0. The van der Waals surface area contributed by atoms with E-state index in [1.54, 1.807) is 38.1 Å². The lowest BCUT2D eigenvalue weighted by atomic mass is 9.79. The highest BCUT2D eigenvalue weighted by atomic mass is 16.3. The number of imidazole rings is 1. The number of carbonyl (C=O) groups excluding carboxylic acids is 3. The number of benzene rings is 2. The minimum atomic E-state index is -1.47. The number of para-hydroxylation sites is 2. The normalized spacial score (nSPS) is 17.9. The molecule has 0 saturated heterocycles. The molecule has 0 spiro atoms. The summed E-state index contributed by atoms with van der Waals surface area (Å²) in [6.45, 7) is 7.60. The molecule has 1 aliphatic rings. The number of hydrogen-bond acceptors (Lipinski definition) is 6. The van der Waals surface area contributed by atoms with Crippen LogP contribution < -0.4 is 16.0 Å². The molecule has 1 heterocycles. The van der Waals surface area contributed by atoms with Crippen LogP contribution >= 0.6 is 0 Å². The lowest BCUT2D eigenvalue weighted by Gasteiger charge is -2.36. The van der Waals surface area contributed by atoms with Gasteiger partial charge in [0.1, 0.15) is 18.0 Å². The molecule has 0 aliphatic heterocycles. The van der Waals surface area contributed by atoms with Gasteiger partial charge in [0.15, 0.2) is 0 Å². The second kappa shape index (κ2) is 16.7. The number of aliphatic hydroxyl groups excluding tert-OH is 2. The molecule has 4 rings (SSSR count). The molecular weight excluding hydrogens is 582 g/mol. The van der Waals surface area contributed by atoms with E-state index >= 15 is 0 Å². The molecule has 46 heavy (non-hydrogen) atoms. The maximum Gasteiger partial charge on any atom is 0.251 e. The summed E-state index contributed by atoms with van der Waals surface area (Å²) in [6.07, 6.45) is 3.62. The molecule has 0 bridgehead atoms. The number of hydrogen-bond donors (Lipinski definition) is 6. The van der Waals surface area contributed by atoms with Crippen LogP contribution in [0, 0.1) is 23.7 Å². The number of rotatable bonds is 15. The van der Waals surface area contributed by atoms with Gasteiger partial charge in [0, 0.05) is 5.56 Å². The lowest BCUT2D eigenvalue weighted by Crippen LogP contribution is -2.57. The van der Waals surface area contributed by atoms with Crippen LogP contribution in [0.3, 0.4) is 0 Å². The van der Waals surface area contributed by atoms with Crippen LogP contribution in [-0.4, -0.2) is 62.2 Å². The highest BCUT2D eigenvalue weighted by molar-refractivity contribution is 5.94. The van der Waals surface area contributed by atoms with Gasteiger partial charge >= 0.3 is 0 Å². The monoisotopic (exact) mass is 633 g/mol. The molecule has 1 aromatic heterocycles. The van der Waals surface area contributed by atoms with E-state index in [0.29, 0.717) is 30.1 Å². The molecule has 10 heteroatoms. The first-order valence-corrected chi connectivity index (χ1v) is 16.8. The number of H-pyrrole nitrogens is 1. The quantitative estimate of drug-likeness (QED) is 0.145. The number of fused-ring (bicyclic) bond motifs is 1. The van der Waals surface area contributed by atoms with Gasteiger partial charge in [-0.05, 0) is 48.4 Å². The molecule has 3 amide bonds. The Morgan fingerprint density at radius 1 is 0.891 bits per heavy atom. The van der Waals surface area contributed by atoms with Crippen molar-refractivity contribution in [3.8, 4) is 0 Å². The molecule has 6 atom stereocenters. The second-order valence-corrected chi connectivity index (χ2v) is 13.2. The largest absolute Gasteiger partial charge is 0.390 e. The Bertz CT molecular complexity index is 1390. The van der Waals surface area contributed by atoms with Crippen molar-refractivity contribution in [1.82, 2.24) is 25.9 Å². The van der Waals surface area contributed by atoms with E-state index in [-0.39, 0.29) is 30.2 Å². The topological polar surface area (TPSA) is 156 Å². The highest BCUT2D eigenvalue weighted by Gasteiger charge is 2.41. The summed E-state index contributed by atoms with van der Waals surface area (Å²) in [6, 6.07) is 14.8. The predicted molar refractivity (Wildman–Crippen MR) is 179 cm³/mol. The van der Waals surface area contributed by atoms with Crippen LogP contribution in [0.15, 0.2) is 54.6 Å². The van der Waals surface area contributed by atoms with Crippen LogP contribution in [0.1, 0.15) is 88.8 Å². The fraction of sp³-hybridized carbons (Fsp3) is 0.556. The Hall–Kier alpha value is -3.76. The first kappa shape index (κ1) is 35.1. The van der Waals surface area contributed by atoms with Gasteiger partial charge in [-0.25, -0.2) is 4.98 Å². The Labute approximate surface area is 272 Å². The summed E-state index contributed by atoms with van der Waals surface area (Å²) < 4.78 is 0. The number of nitrogens with zero attached hydrogens (tertiary/aromatic N) is 1. The molecule has 1 saturated carbocycles. The molecule has 1 aliphatic carbocycles. The molecular formula is C36H51N5O5. The molecule has 0 unspecified atom stereocenters. The van der Waals surface area contributed by atoms with Gasteiger partial charge in [0.05, 0.1) is 35.6 Å². The minimum absolute atomic E-state index is 0.162. The highest BCUT2D eigenvalue weighted by Crippen LogP contribution is 2.30. The predicted octanol–water partition coefficient (Wildman–Crippen LogP) is 4.47. The Morgan fingerprint density at radius 3 is 2.22 bits per heavy atom. The number of amides is 3. The molecule has 6 N–H and O–H groups in total. The zero-order valence-corrected chi connectivity index (χ0v) is 27.5. The van der Waals surface area contributed by atoms with Crippen molar-refractivity contribution in [2.75, 3.05) is 0 Å². The van der Waals surface area contributed by atoms with E-state index in [4.69, 9.17) is 0 Å². The molecule has 10 nitrogen and oxygen atoms in total. The summed E-state index contributed by atoms with van der Waals surface area (Å²) in [5.74, 6) is -1.89. The van der Waals surface area contributed by atoms with E-state index in [1.807, 2.05) is 44.2 Å². The second-order valence-electron chi connectivity index (χ2n) is 13.2. The summed E-state index contributed by atoms with van der Waals surface area (Å²) in [5, 5.41) is 32.0. The zero-order valence-electron chi connectivity index (χ0n) is 27.5. The molecule has 2 aromatic carbocycles. The van der Waals surface area contributed by atoms with Gasteiger partial charge in [0.2, 0.25) is 11.8 Å². The summed E-state index contributed by atoms with van der Waals surface area (Å²) >= 11 is 0. The lowest BCUT2D eigenvalue weighted by molar-refractivity contribution is -0.140. The third kappa shape index (κ3) is 9.16. The third-order valence-corrected chi connectivity index (χ3v) is 9.48. The van der Waals surface area contributed by atoms with Gasteiger partial charge in [-0.3, -0.25) is 14.4 Å². The first-order chi connectivity index (χ1) is 22.1. The average Bonchev–Trinajstić information content (AvgIpc) is 3.49. The van der Waals surface area contributed by atoms with Crippen molar-refractivity contribution < 1.29 is 24.6 Å². The van der Waals surface area contributed by atoms with Gasteiger partial charge in [-0.2, -0.15) is 0 Å². The van der Waals surface area contributed by atoms with E-state index in [1.165, 1.54) is 6.42 Å². The Balaban J connectivity index is 1.47. The van der Waals surface area contributed by atoms with E-state index in [9.17, 15) is 24.6 Å². The summed E-state index contributed by atoms with van der Waals surface area (Å²) in [5.41, 5.74) is 2.13. The van der Waals surface area contributed by atoms with Gasteiger partial charge < -0.3 is 31.1 Å². The Kier molecular flexibility index (Phi) is 12.7. The van der Waals surface area contributed by atoms with Crippen molar-refractivity contribution in [2.24, 2.45) is 23.7 Å². The number of carbonyl (C=O) groups is 3. The third-order valence-electron chi connectivity index (χ3n) is 9.48. The first-order valence-electron chi connectivity index (χ1n) is 16.8. The van der Waals surface area contributed by atoms with Crippen LogP contribution in [0.4, 0.5) is 0 Å². The van der Waals surface area contributed by atoms with Crippen LogP contribution in [0.2, 0.25) is 0 Å². The van der Waals surface area contributed by atoms with Crippen molar-refractivity contribution in [1.29, 1.82) is 0 Å². The van der Waals surface area contributed by atoms with E-state index in [2.05, 4.69) is 25.9 Å². The molecule has 250 valence electrons. The minimum Gasteiger partial charge on any atom is -0.390 e. The van der Waals surface area contributed by atoms with E-state index < -0.39 is 36.1 Å². The van der Waals surface area contributed by atoms with Crippen LogP contribution in [-0.2, 0) is 16.1 Å². The molecule has 3 aromatic rings. The SMILES string of the molecule is CC[C@H](C)[C@H](NC(=O)[C@H](C(C)C)[C@@H](O)[C@H](O)[C@@H](CC1CCCCC1)NC(=O)c1ccccc1)C(=O)NCc1nc2ccccc2[nH]1. The number of aromatic nitrogens is 2. The average molecular weight is 634 g/mol. The van der Waals surface area contributed by atoms with Crippen molar-refractivity contribution in [3.05, 3.63) is 66.0 Å². The number of aromatic amines is 1. The maximum absolute atomic E-state index is 13.8. The maximum atomic E-state index is 13.8. The fourth-order valence-electron chi connectivity index (χ4n) is 6.53. The molecule has 1 fully saturated rings. The smallest absolute Gasteiger partial charge is 0.251 e. The number of nitrogens with one attached hydrogen (secondary N) is 4. The van der Waals surface area contributed by atoms with Crippen molar-refractivity contribution in [2.45, 2.75) is 103 Å². The standard InChI is InChI=1S/C36H51N5O5/c1-5-23(4)31(36(46)37-21-29-38-26-18-12-13-19-27(26)39-29)41-35(45)30(22(2)3)33(43)32(42)28(20-24-14-8-6-9-15-24)40-34(44)25-16-10-7-11-17-25/h7,10-13,16-19,22-24,28,30-33,42-43H,5-6,8-9,14-15,20-21H2,1-4H3,(H,37,46)(H,38,39)(H,40,44)(H,41,45)/t23-,28+,30+,31-,32+,33+/m0/s1. The van der Waals surface area contributed by atoms with E-state index in [0.717, 1.165) is 36.7 Å². The summed E-state index contributed by atoms with van der Waals surface area (Å²) in [4.78, 5) is 48.1. The Morgan fingerprint density at radius 2 is 1.57 bits per heavy atom. The van der Waals surface area contributed by atoms with Gasteiger partial charge in [-0.15, -0.1) is 0 Å². The van der Waals surface area contributed by atoms with Crippen molar-refractivity contribution >= 4 is 28.8 Å². The van der Waals surface area contributed by atoms with Crippen LogP contribution in [0.5, 0.6) is 0 Å². The fourth-order valence-corrected chi connectivity index (χ4v) is 6.53. The van der Waals surface area contributed by atoms with Crippen LogP contribution in [0.25, 0.3) is 11.0 Å². The number of aliphatic hydroxyl groups is 2.